The SMILES string of the molecule is CCOc1ccc(CCNC(=O)Cn2nnc(-c3ccc(F)cc3)n2)cc1OCC. The smallest absolute Gasteiger partial charge is 0.243 e. The Morgan fingerprint density at radius 1 is 1.07 bits per heavy atom. The Labute approximate surface area is 174 Å². The van der Waals surface area contributed by atoms with Crippen LogP contribution < -0.4 is 14.8 Å². The minimum Gasteiger partial charge on any atom is -0.490 e. The Kier molecular flexibility index (Phi) is 7.31. The third-order valence-corrected chi connectivity index (χ3v) is 4.18. The Bertz CT molecular complexity index is 975. The summed E-state index contributed by atoms with van der Waals surface area (Å²) in [4.78, 5) is 13.4. The van der Waals surface area contributed by atoms with Crippen molar-refractivity contribution in [3.63, 3.8) is 0 Å². The summed E-state index contributed by atoms with van der Waals surface area (Å²) in [6, 6.07) is 11.5. The first-order valence-corrected chi connectivity index (χ1v) is 9.78. The van der Waals surface area contributed by atoms with Gasteiger partial charge in [-0.3, -0.25) is 4.79 Å². The molecule has 3 rings (SSSR count). The molecule has 1 amide bonds. The van der Waals surface area contributed by atoms with Gasteiger partial charge in [0.15, 0.2) is 11.5 Å². The topological polar surface area (TPSA) is 91.2 Å². The maximum Gasteiger partial charge on any atom is 0.243 e. The van der Waals surface area contributed by atoms with E-state index in [1.807, 2.05) is 32.0 Å². The summed E-state index contributed by atoms with van der Waals surface area (Å²) in [6.45, 7) is 5.35. The molecule has 0 radical (unpaired) electrons. The number of ether oxygens (including phenoxy) is 2. The van der Waals surface area contributed by atoms with Crippen molar-refractivity contribution in [2.75, 3.05) is 19.8 Å². The van der Waals surface area contributed by atoms with Gasteiger partial charge in [-0.1, -0.05) is 6.07 Å². The third kappa shape index (κ3) is 5.76. The van der Waals surface area contributed by atoms with Crippen LogP contribution in [-0.4, -0.2) is 45.9 Å². The number of benzene rings is 2. The monoisotopic (exact) mass is 413 g/mol. The fraction of sp³-hybridized carbons (Fsp3) is 0.333. The van der Waals surface area contributed by atoms with Gasteiger partial charge in [0.1, 0.15) is 12.4 Å². The van der Waals surface area contributed by atoms with Crippen LogP contribution in [0.5, 0.6) is 11.5 Å². The molecule has 0 aliphatic rings. The highest BCUT2D eigenvalue weighted by atomic mass is 19.1. The molecule has 1 heterocycles. The molecule has 0 saturated carbocycles. The lowest BCUT2D eigenvalue weighted by molar-refractivity contribution is -0.122. The molecule has 0 atom stereocenters. The van der Waals surface area contributed by atoms with Crippen molar-refractivity contribution in [3.05, 3.63) is 53.8 Å². The van der Waals surface area contributed by atoms with Gasteiger partial charge in [-0.2, -0.15) is 4.80 Å². The van der Waals surface area contributed by atoms with Crippen molar-refractivity contribution in [2.45, 2.75) is 26.8 Å². The average molecular weight is 413 g/mol. The van der Waals surface area contributed by atoms with E-state index in [0.29, 0.717) is 49.1 Å². The summed E-state index contributed by atoms with van der Waals surface area (Å²) in [6.07, 6.45) is 0.643. The maximum atomic E-state index is 13.0. The minimum absolute atomic E-state index is 0.0539. The molecule has 1 N–H and O–H groups in total. The van der Waals surface area contributed by atoms with E-state index in [1.54, 1.807) is 12.1 Å². The van der Waals surface area contributed by atoms with E-state index < -0.39 is 0 Å². The Morgan fingerprint density at radius 2 is 1.80 bits per heavy atom. The molecule has 3 aromatic rings. The van der Waals surface area contributed by atoms with Crippen LogP contribution in [0.1, 0.15) is 19.4 Å². The number of rotatable bonds is 10. The molecule has 0 unspecified atom stereocenters. The molecule has 0 saturated heterocycles. The molecule has 158 valence electrons. The molecule has 0 aliphatic carbocycles. The van der Waals surface area contributed by atoms with Crippen molar-refractivity contribution in [2.24, 2.45) is 0 Å². The molecule has 2 aromatic carbocycles. The lowest BCUT2D eigenvalue weighted by Crippen LogP contribution is -2.30. The second-order valence-electron chi connectivity index (χ2n) is 6.40. The summed E-state index contributed by atoms with van der Waals surface area (Å²) in [5, 5.41) is 14.8. The van der Waals surface area contributed by atoms with E-state index in [4.69, 9.17) is 9.47 Å². The molecule has 9 heteroatoms. The fourth-order valence-electron chi connectivity index (χ4n) is 2.81. The lowest BCUT2D eigenvalue weighted by atomic mass is 10.1. The van der Waals surface area contributed by atoms with Crippen molar-refractivity contribution in [3.8, 4) is 22.9 Å². The summed E-state index contributed by atoms with van der Waals surface area (Å²) < 4.78 is 24.2. The normalized spacial score (nSPS) is 10.6. The first-order chi connectivity index (χ1) is 14.6. The fourth-order valence-corrected chi connectivity index (χ4v) is 2.81. The number of nitrogens with zero attached hydrogens (tertiary/aromatic N) is 4. The van der Waals surface area contributed by atoms with Crippen molar-refractivity contribution < 1.29 is 18.7 Å². The van der Waals surface area contributed by atoms with E-state index in [-0.39, 0.29) is 18.3 Å². The highest BCUT2D eigenvalue weighted by Crippen LogP contribution is 2.28. The number of nitrogens with one attached hydrogen (secondary N) is 1. The zero-order chi connectivity index (χ0) is 21.3. The van der Waals surface area contributed by atoms with Crippen LogP contribution in [0.25, 0.3) is 11.4 Å². The molecule has 30 heavy (non-hydrogen) atoms. The molecule has 0 fully saturated rings. The number of carbonyl (C=O) groups excluding carboxylic acids is 1. The van der Waals surface area contributed by atoms with Gasteiger partial charge in [0, 0.05) is 12.1 Å². The van der Waals surface area contributed by atoms with Gasteiger partial charge in [-0.25, -0.2) is 4.39 Å². The van der Waals surface area contributed by atoms with Crippen LogP contribution in [0, 0.1) is 5.82 Å². The average Bonchev–Trinajstić information content (AvgIpc) is 3.19. The van der Waals surface area contributed by atoms with Gasteiger partial charge in [0.25, 0.3) is 0 Å². The number of amides is 1. The number of tetrazole rings is 1. The van der Waals surface area contributed by atoms with E-state index in [0.717, 1.165) is 5.56 Å². The second kappa shape index (κ2) is 10.3. The van der Waals surface area contributed by atoms with E-state index in [1.165, 1.54) is 16.9 Å². The quantitative estimate of drug-likeness (QED) is 0.549. The van der Waals surface area contributed by atoms with Crippen molar-refractivity contribution in [1.29, 1.82) is 0 Å². The zero-order valence-corrected chi connectivity index (χ0v) is 17.0. The second-order valence-corrected chi connectivity index (χ2v) is 6.40. The molecule has 0 bridgehead atoms. The van der Waals surface area contributed by atoms with Crippen LogP contribution in [0.3, 0.4) is 0 Å². The number of hydrogen-bond donors (Lipinski definition) is 1. The van der Waals surface area contributed by atoms with Crippen molar-refractivity contribution in [1.82, 2.24) is 25.5 Å². The summed E-state index contributed by atoms with van der Waals surface area (Å²) in [5.41, 5.74) is 1.66. The van der Waals surface area contributed by atoms with Crippen LogP contribution in [0.15, 0.2) is 42.5 Å². The lowest BCUT2D eigenvalue weighted by Gasteiger charge is -2.12. The number of carbonyl (C=O) groups is 1. The van der Waals surface area contributed by atoms with Crippen LogP contribution >= 0.6 is 0 Å². The first kappa shape index (κ1) is 21.2. The van der Waals surface area contributed by atoms with Crippen LogP contribution in [0.4, 0.5) is 4.39 Å². The molecule has 0 spiro atoms. The van der Waals surface area contributed by atoms with Gasteiger partial charge in [-0.15, -0.1) is 10.2 Å². The molecular formula is C21H24FN5O3. The number of halogens is 1. The van der Waals surface area contributed by atoms with Crippen LogP contribution in [0.2, 0.25) is 0 Å². The standard InChI is InChI=1S/C21H24FN5O3/c1-3-29-18-10-5-15(13-19(18)30-4-2)11-12-23-20(28)14-27-25-21(24-26-27)16-6-8-17(22)9-7-16/h5-10,13H,3-4,11-12,14H2,1-2H3,(H,23,28). The van der Waals surface area contributed by atoms with Gasteiger partial charge < -0.3 is 14.8 Å². The first-order valence-electron chi connectivity index (χ1n) is 9.78. The largest absolute Gasteiger partial charge is 0.490 e. The van der Waals surface area contributed by atoms with Gasteiger partial charge in [-0.05, 0) is 67.4 Å². The molecule has 1 aromatic heterocycles. The van der Waals surface area contributed by atoms with E-state index in [9.17, 15) is 9.18 Å². The number of hydrogen-bond acceptors (Lipinski definition) is 6. The van der Waals surface area contributed by atoms with E-state index in [2.05, 4.69) is 20.7 Å². The minimum atomic E-state index is -0.341. The van der Waals surface area contributed by atoms with Crippen molar-refractivity contribution >= 4 is 5.91 Å². The molecular weight excluding hydrogens is 389 g/mol. The predicted octanol–water partition coefficient (Wildman–Crippen LogP) is 2.64. The number of aromatic nitrogens is 4. The Morgan fingerprint density at radius 3 is 2.53 bits per heavy atom. The summed E-state index contributed by atoms with van der Waals surface area (Å²) in [7, 11) is 0. The summed E-state index contributed by atoms with van der Waals surface area (Å²) in [5.74, 6) is 1.17. The highest BCUT2D eigenvalue weighted by molar-refractivity contribution is 5.75. The predicted molar refractivity (Wildman–Crippen MR) is 109 cm³/mol. The Hall–Kier alpha value is -3.49. The highest BCUT2D eigenvalue weighted by Gasteiger charge is 2.10. The molecule has 0 aliphatic heterocycles. The Balaban J connectivity index is 1.50. The van der Waals surface area contributed by atoms with Gasteiger partial charge in [0.05, 0.1) is 13.2 Å². The summed E-state index contributed by atoms with van der Waals surface area (Å²) >= 11 is 0. The molecule has 8 nitrogen and oxygen atoms in total. The van der Waals surface area contributed by atoms with Crippen LogP contribution in [-0.2, 0) is 17.8 Å². The zero-order valence-electron chi connectivity index (χ0n) is 17.0. The van der Waals surface area contributed by atoms with Gasteiger partial charge >= 0.3 is 0 Å². The third-order valence-electron chi connectivity index (χ3n) is 4.18. The maximum absolute atomic E-state index is 13.0. The van der Waals surface area contributed by atoms with E-state index >= 15 is 0 Å². The van der Waals surface area contributed by atoms with Gasteiger partial charge in [0.2, 0.25) is 11.7 Å².